The Kier molecular flexibility index (Phi) is 5.09. The van der Waals surface area contributed by atoms with E-state index in [9.17, 15) is 0 Å². The van der Waals surface area contributed by atoms with Crippen LogP contribution in [0, 0.1) is 6.92 Å². The van der Waals surface area contributed by atoms with Crippen molar-refractivity contribution in [1.82, 2.24) is 4.90 Å². The van der Waals surface area contributed by atoms with E-state index >= 15 is 0 Å². The zero-order valence-electron chi connectivity index (χ0n) is 11.1. The number of methoxy groups -OCH3 is 2. The van der Waals surface area contributed by atoms with Gasteiger partial charge in [-0.25, -0.2) is 0 Å². The fourth-order valence-corrected chi connectivity index (χ4v) is 2.30. The van der Waals surface area contributed by atoms with E-state index in [-0.39, 0.29) is 6.04 Å². The van der Waals surface area contributed by atoms with Crippen molar-refractivity contribution >= 4 is 11.6 Å². The number of rotatable bonds is 5. The lowest BCUT2D eigenvalue weighted by Gasteiger charge is -2.25. The molecule has 0 spiro atoms. The number of halogens is 1. The predicted molar refractivity (Wildman–Crippen MR) is 71.4 cm³/mol. The van der Waals surface area contributed by atoms with Gasteiger partial charge in [0.25, 0.3) is 0 Å². The minimum absolute atomic E-state index is 0.177. The average molecular weight is 258 g/mol. The van der Waals surface area contributed by atoms with Crippen LogP contribution in [0.15, 0.2) is 12.1 Å². The van der Waals surface area contributed by atoms with Gasteiger partial charge in [0, 0.05) is 11.9 Å². The number of nitrogens with zero attached hydrogens (tertiary/aromatic N) is 1. The van der Waals surface area contributed by atoms with Crippen LogP contribution in [-0.2, 0) is 0 Å². The molecule has 0 aromatic heterocycles. The molecule has 4 heteroatoms. The Morgan fingerprint density at radius 1 is 1.18 bits per heavy atom. The van der Waals surface area contributed by atoms with Crippen molar-refractivity contribution in [3.63, 3.8) is 0 Å². The molecule has 0 bridgehead atoms. The number of benzene rings is 1. The SMILES string of the molecule is COc1cc(C)c(C(CCl)N(C)C)cc1OC. The van der Waals surface area contributed by atoms with E-state index in [0.29, 0.717) is 5.88 Å². The molecule has 0 radical (unpaired) electrons. The monoisotopic (exact) mass is 257 g/mol. The molecule has 1 unspecified atom stereocenters. The summed E-state index contributed by atoms with van der Waals surface area (Å²) < 4.78 is 10.6. The molecular formula is C13H20ClNO2. The number of ether oxygens (including phenoxy) is 2. The summed E-state index contributed by atoms with van der Waals surface area (Å²) in [6, 6.07) is 4.16. The van der Waals surface area contributed by atoms with Gasteiger partial charge in [0.05, 0.1) is 14.2 Å². The molecule has 17 heavy (non-hydrogen) atoms. The van der Waals surface area contributed by atoms with E-state index in [2.05, 4.69) is 11.8 Å². The quantitative estimate of drug-likeness (QED) is 0.757. The first-order valence-electron chi connectivity index (χ1n) is 5.50. The van der Waals surface area contributed by atoms with E-state index in [0.717, 1.165) is 17.1 Å². The van der Waals surface area contributed by atoms with Crippen molar-refractivity contribution in [3.8, 4) is 11.5 Å². The van der Waals surface area contributed by atoms with Gasteiger partial charge in [-0.2, -0.15) is 0 Å². The Morgan fingerprint density at radius 2 is 1.71 bits per heavy atom. The van der Waals surface area contributed by atoms with Crippen molar-refractivity contribution in [2.75, 3.05) is 34.2 Å². The zero-order valence-corrected chi connectivity index (χ0v) is 11.8. The van der Waals surface area contributed by atoms with Gasteiger partial charge in [0.1, 0.15) is 0 Å². The highest BCUT2D eigenvalue weighted by molar-refractivity contribution is 6.18. The Bertz CT molecular complexity index is 380. The zero-order chi connectivity index (χ0) is 13.0. The summed E-state index contributed by atoms with van der Waals surface area (Å²) in [7, 11) is 7.32. The Balaban J connectivity index is 3.24. The van der Waals surface area contributed by atoms with E-state index in [4.69, 9.17) is 21.1 Å². The number of hydrogen-bond acceptors (Lipinski definition) is 3. The molecule has 1 atom stereocenters. The van der Waals surface area contributed by atoms with Gasteiger partial charge >= 0.3 is 0 Å². The standard InChI is InChI=1S/C13H20ClNO2/c1-9-6-12(16-4)13(17-5)7-10(9)11(8-14)15(2)3/h6-7,11H,8H2,1-5H3. The maximum atomic E-state index is 6.02. The number of hydrogen-bond donors (Lipinski definition) is 0. The predicted octanol–water partition coefficient (Wildman–Crippen LogP) is 2.85. The topological polar surface area (TPSA) is 21.7 Å². The normalized spacial score (nSPS) is 12.6. The first kappa shape index (κ1) is 14.1. The molecule has 0 aliphatic carbocycles. The van der Waals surface area contributed by atoms with Crippen LogP contribution < -0.4 is 9.47 Å². The number of aryl methyl sites for hydroxylation is 1. The summed E-state index contributed by atoms with van der Waals surface area (Å²) in [5, 5.41) is 0. The highest BCUT2D eigenvalue weighted by Gasteiger charge is 2.18. The van der Waals surface area contributed by atoms with Gasteiger partial charge in [-0.3, -0.25) is 0 Å². The molecule has 0 saturated heterocycles. The van der Waals surface area contributed by atoms with E-state index in [1.165, 1.54) is 5.56 Å². The second-order valence-corrected chi connectivity index (χ2v) is 4.51. The van der Waals surface area contributed by atoms with E-state index in [1.807, 2.05) is 26.2 Å². The molecule has 1 aromatic rings. The summed E-state index contributed by atoms with van der Waals surface area (Å²) in [4.78, 5) is 2.10. The van der Waals surface area contributed by atoms with Crippen LogP contribution in [-0.4, -0.2) is 39.1 Å². The fraction of sp³-hybridized carbons (Fsp3) is 0.538. The smallest absolute Gasteiger partial charge is 0.161 e. The summed E-state index contributed by atoms with van der Waals surface area (Å²) in [6.45, 7) is 2.06. The van der Waals surface area contributed by atoms with Crippen molar-refractivity contribution in [3.05, 3.63) is 23.3 Å². The first-order valence-corrected chi connectivity index (χ1v) is 6.03. The molecular weight excluding hydrogens is 238 g/mol. The third-order valence-corrected chi connectivity index (χ3v) is 3.19. The van der Waals surface area contributed by atoms with Crippen LogP contribution in [0.25, 0.3) is 0 Å². The third kappa shape index (κ3) is 3.05. The molecule has 1 aromatic carbocycles. The van der Waals surface area contributed by atoms with Gasteiger partial charge in [-0.05, 0) is 44.3 Å². The molecule has 96 valence electrons. The lowest BCUT2D eigenvalue weighted by atomic mass is 10.0. The van der Waals surface area contributed by atoms with Crippen molar-refractivity contribution in [2.24, 2.45) is 0 Å². The first-order chi connectivity index (χ1) is 8.04. The molecule has 0 N–H and O–H groups in total. The minimum atomic E-state index is 0.177. The molecule has 1 rings (SSSR count). The van der Waals surface area contributed by atoms with Crippen LogP contribution in [0.1, 0.15) is 17.2 Å². The summed E-state index contributed by atoms with van der Waals surface area (Å²) >= 11 is 6.02. The van der Waals surface area contributed by atoms with Crippen LogP contribution >= 0.6 is 11.6 Å². The van der Waals surface area contributed by atoms with Gasteiger partial charge in [0.15, 0.2) is 11.5 Å². The van der Waals surface area contributed by atoms with Gasteiger partial charge in [-0.1, -0.05) is 0 Å². The minimum Gasteiger partial charge on any atom is -0.493 e. The van der Waals surface area contributed by atoms with E-state index in [1.54, 1.807) is 14.2 Å². The second-order valence-electron chi connectivity index (χ2n) is 4.20. The summed E-state index contributed by atoms with van der Waals surface area (Å²) in [5.41, 5.74) is 2.32. The van der Waals surface area contributed by atoms with Gasteiger partial charge < -0.3 is 14.4 Å². The van der Waals surface area contributed by atoms with E-state index < -0.39 is 0 Å². The number of alkyl halides is 1. The maximum absolute atomic E-state index is 6.02. The summed E-state index contributed by atoms with van der Waals surface area (Å²) in [5.74, 6) is 2.04. The van der Waals surface area contributed by atoms with Crippen molar-refractivity contribution in [1.29, 1.82) is 0 Å². The molecule has 0 amide bonds. The average Bonchev–Trinajstić information content (AvgIpc) is 2.31. The lowest BCUT2D eigenvalue weighted by molar-refractivity contribution is 0.319. The molecule has 0 fully saturated rings. The van der Waals surface area contributed by atoms with Crippen LogP contribution in [0.5, 0.6) is 11.5 Å². The Labute approximate surface area is 108 Å². The fourth-order valence-electron chi connectivity index (χ4n) is 1.85. The highest BCUT2D eigenvalue weighted by Crippen LogP contribution is 2.34. The largest absolute Gasteiger partial charge is 0.493 e. The Hall–Kier alpha value is -0.930. The third-order valence-electron chi connectivity index (χ3n) is 2.90. The van der Waals surface area contributed by atoms with Gasteiger partial charge in [0.2, 0.25) is 0 Å². The maximum Gasteiger partial charge on any atom is 0.161 e. The van der Waals surface area contributed by atoms with Crippen molar-refractivity contribution < 1.29 is 9.47 Å². The lowest BCUT2D eigenvalue weighted by Crippen LogP contribution is -2.22. The Morgan fingerprint density at radius 3 is 2.12 bits per heavy atom. The highest BCUT2D eigenvalue weighted by atomic mass is 35.5. The van der Waals surface area contributed by atoms with Crippen molar-refractivity contribution in [2.45, 2.75) is 13.0 Å². The molecule has 0 heterocycles. The second kappa shape index (κ2) is 6.12. The van der Waals surface area contributed by atoms with Crippen LogP contribution in [0.2, 0.25) is 0 Å². The molecule has 3 nitrogen and oxygen atoms in total. The summed E-state index contributed by atoms with van der Waals surface area (Å²) in [6.07, 6.45) is 0. The van der Waals surface area contributed by atoms with Crippen LogP contribution in [0.3, 0.4) is 0 Å². The van der Waals surface area contributed by atoms with Crippen LogP contribution in [0.4, 0.5) is 0 Å². The van der Waals surface area contributed by atoms with Gasteiger partial charge in [-0.15, -0.1) is 11.6 Å². The molecule has 0 aliphatic rings. The molecule has 0 aliphatic heterocycles. The molecule has 0 saturated carbocycles.